The van der Waals surface area contributed by atoms with Gasteiger partial charge in [-0.1, -0.05) is 0 Å². The molecule has 2 aliphatic rings. The molecule has 2 aliphatic heterocycles. The van der Waals surface area contributed by atoms with E-state index in [2.05, 4.69) is 10.3 Å². The van der Waals surface area contributed by atoms with Gasteiger partial charge in [-0.05, 0) is 18.2 Å². The first-order valence-electron chi connectivity index (χ1n) is 5.86. The van der Waals surface area contributed by atoms with E-state index in [-0.39, 0.29) is 17.8 Å². The zero-order chi connectivity index (χ0) is 12.8. The number of nitrogens with two attached hydrogens (primary N) is 2. The van der Waals surface area contributed by atoms with Crippen LogP contribution in [0.15, 0.2) is 23.2 Å². The molecule has 2 unspecified atom stereocenters. The summed E-state index contributed by atoms with van der Waals surface area (Å²) < 4.78 is 19.3. The molecular formula is C12H15FN4O. The zero-order valence-electron chi connectivity index (χ0n) is 9.82. The summed E-state index contributed by atoms with van der Waals surface area (Å²) in [6.07, 6.45) is 0. The van der Waals surface area contributed by atoms with E-state index in [4.69, 9.17) is 16.2 Å². The van der Waals surface area contributed by atoms with Crippen LogP contribution in [0.1, 0.15) is 5.56 Å². The van der Waals surface area contributed by atoms with Gasteiger partial charge in [-0.15, -0.1) is 0 Å². The normalized spacial score (nSPS) is 30.5. The van der Waals surface area contributed by atoms with Crippen molar-refractivity contribution < 1.29 is 9.13 Å². The number of nitrogen functional groups attached to an aromatic ring is 1. The molecule has 6 heteroatoms. The molecule has 0 saturated carbocycles. The molecule has 3 rings (SSSR count). The highest BCUT2D eigenvalue weighted by Crippen LogP contribution is 2.41. The molecule has 0 amide bonds. The van der Waals surface area contributed by atoms with Gasteiger partial charge in [0.05, 0.1) is 6.61 Å². The summed E-state index contributed by atoms with van der Waals surface area (Å²) in [4.78, 5) is 4.36. The summed E-state index contributed by atoms with van der Waals surface area (Å²) in [5.41, 5.74) is 11.7. The molecule has 18 heavy (non-hydrogen) atoms. The first kappa shape index (κ1) is 11.3. The Hall–Kier alpha value is -1.82. The van der Waals surface area contributed by atoms with Crippen molar-refractivity contribution in [1.29, 1.82) is 0 Å². The average Bonchev–Trinajstić information content (AvgIpc) is 2.76. The predicted molar refractivity (Wildman–Crippen MR) is 66.4 cm³/mol. The number of ether oxygens (including phenoxy) is 1. The Morgan fingerprint density at radius 2 is 2.28 bits per heavy atom. The van der Waals surface area contributed by atoms with Crippen molar-refractivity contribution >= 4 is 11.7 Å². The third kappa shape index (κ3) is 1.53. The number of aliphatic imine (C=N–C) groups is 1. The summed E-state index contributed by atoms with van der Waals surface area (Å²) in [6, 6.07) is 4.66. The molecule has 2 heterocycles. The molecule has 1 aromatic rings. The van der Waals surface area contributed by atoms with Crippen LogP contribution in [-0.4, -0.2) is 25.7 Å². The van der Waals surface area contributed by atoms with Crippen LogP contribution in [0.25, 0.3) is 0 Å². The number of halogens is 1. The molecule has 1 aromatic carbocycles. The van der Waals surface area contributed by atoms with Crippen LogP contribution >= 0.6 is 0 Å². The Morgan fingerprint density at radius 1 is 1.44 bits per heavy atom. The van der Waals surface area contributed by atoms with Gasteiger partial charge < -0.3 is 21.5 Å². The van der Waals surface area contributed by atoms with E-state index in [1.54, 1.807) is 12.1 Å². The minimum atomic E-state index is -0.693. The molecule has 0 aromatic heterocycles. The fourth-order valence-electron chi connectivity index (χ4n) is 2.74. The third-order valence-corrected chi connectivity index (χ3v) is 3.66. The Morgan fingerprint density at radius 3 is 3.11 bits per heavy atom. The number of nitrogens with zero attached hydrogens (tertiary/aromatic N) is 1. The van der Waals surface area contributed by atoms with Crippen molar-refractivity contribution in [2.24, 2.45) is 16.6 Å². The van der Waals surface area contributed by atoms with Crippen LogP contribution in [0.2, 0.25) is 0 Å². The van der Waals surface area contributed by atoms with Gasteiger partial charge in [0.25, 0.3) is 6.02 Å². The van der Waals surface area contributed by atoms with Crippen molar-refractivity contribution in [3.63, 3.8) is 0 Å². The van der Waals surface area contributed by atoms with E-state index in [1.165, 1.54) is 6.07 Å². The Kier molecular flexibility index (Phi) is 2.41. The van der Waals surface area contributed by atoms with Gasteiger partial charge in [-0.25, -0.2) is 9.38 Å². The van der Waals surface area contributed by atoms with Gasteiger partial charge in [0.2, 0.25) is 0 Å². The molecule has 5 N–H and O–H groups in total. The molecule has 2 atom stereocenters. The number of rotatable bonds is 1. The van der Waals surface area contributed by atoms with Crippen LogP contribution in [0.3, 0.4) is 0 Å². The van der Waals surface area contributed by atoms with Gasteiger partial charge in [-0.2, -0.15) is 0 Å². The van der Waals surface area contributed by atoms with Gasteiger partial charge in [0.1, 0.15) is 11.4 Å². The largest absolute Gasteiger partial charge is 0.465 e. The lowest BCUT2D eigenvalue weighted by molar-refractivity contribution is 0.159. The van der Waals surface area contributed by atoms with E-state index in [0.717, 1.165) is 6.54 Å². The highest BCUT2D eigenvalue weighted by molar-refractivity contribution is 5.73. The number of hydrogen-bond acceptors (Lipinski definition) is 5. The second kappa shape index (κ2) is 3.84. The number of hydrogen-bond donors (Lipinski definition) is 3. The maximum atomic E-state index is 14.1. The van der Waals surface area contributed by atoms with E-state index in [0.29, 0.717) is 24.4 Å². The minimum Gasteiger partial charge on any atom is -0.465 e. The minimum absolute atomic E-state index is 0.0705. The quantitative estimate of drug-likeness (QED) is 0.620. The topological polar surface area (TPSA) is 85.7 Å². The van der Waals surface area contributed by atoms with Crippen LogP contribution in [0.5, 0.6) is 0 Å². The van der Waals surface area contributed by atoms with Crippen LogP contribution < -0.4 is 16.8 Å². The predicted octanol–water partition coefficient (Wildman–Crippen LogP) is 0.167. The fourth-order valence-corrected chi connectivity index (χ4v) is 2.74. The number of nitrogens with one attached hydrogen (secondary N) is 1. The SMILES string of the molecule is NC1=NC2(c3cc(N)ccc3F)CNCC2CO1. The Balaban J connectivity index is 2.17. The average molecular weight is 250 g/mol. The number of anilines is 1. The number of amidine groups is 1. The van der Waals surface area contributed by atoms with Crippen molar-refractivity contribution in [2.45, 2.75) is 5.54 Å². The first-order chi connectivity index (χ1) is 8.62. The van der Waals surface area contributed by atoms with Crippen LogP contribution in [0.4, 0.5) is 10.1 Å². The summed E-state index contributed by atoms with van der Waals surface area (Å²) in [7, 11) is 0. The second-order valence-corrected chi connectivity index (χ2v) is 4.75. The molecule has 1 fully saturated rings. The highest BCUT2D eigenvalue weighted by atomic mass is 19.1. The van der Waals surface area contributed by atoms with Crippen molar-refractivity contribution in [3.05, 3.63) is 29.6 Å². The fraction of sp³-hybridized carbons (Fsp3) is 0.417. The highest BCUT2D eigenvalue weighted by Gasteiger charge is 2.49. The number of benzene rings is 1. The molecule has 0 bridgehead atoms. The number of fused-ring (bicyclic) bond motifs is 1. The van der Waals surface area contributed by atoms with Crippen molar-refractivity contribution in [2.75, 3.05) is 25.4 Å². The monoisotopic (exact) mass is 250 g/mol. The summed E-state index contributed by atoms with van der Waals surface area (Å²) >= 11 is 0. The van der Waals surface area contributed by atoms with E-state index in [9.17, 15) is 4.39 Å². The van der Waals surface area contributed by atoms with Crippen LogP contribution in [-0.2, 0) is 10.3 Å². The molecule has 96 valence electrons. The van der Waals surface area contributed by atoms with E-state index >= 15 is 0 Å². The van der Waals surface area contributed by atoms with Crippen LogP contribution in [0, 0.1) is 11.7 Å². The van der Waals surface area contributed by atoms with Gasteiger partial charge in [0, 0.05) is 30.3 Å². The zero-order valence-corrected chi connectivity index (χ0v) is 9.82. The smallest absolute Gasteiger partial charge is 0.282 e. The van der Waals surface area contributed by atoms with E-state index in [1.807, 2.05) is 0 Å². The molecular weight excluding hydrogens is 235 g/mol. The van der Waals surface area contributed by atoms with Gasteiger partial charge >= 0.3 is 0 Å². The van der Waals surface area contributed by atoms with Crippen molar-refractivity contribution in [1.82, 2.24) is 5.32 Å². The third-order valence-electron chi connectivity index (χ3n) is 3.66. The Bertz CT molecular complexity index is 519. The molecule has 0 radical (unpaired) electrons. The summed E-state index contributed by atoms with van der Waals surface area (Å²) in [6.45, 7) is 1.71. The van der Waals surface area contributed by atoms with E-state index < -0.39 is 5.54 Å². The maximum absolute atomic E-state index is 14.1. The lowest BCUT2D eigenvalue weighted by Gasteiger charge is -2.35. The first-order valence-corrected chi connectivity index (χ1v) is 5.86. The standard InChI is InChI=1S/C12H15FN4O/c13-10-2-1-8(14)3-9(10)12-6-16-4-7(12)5-18-11(15)17-12/h1-3,7,16H,4-6,14H2,(H2,15,17). The Labute approximate surface area is 104 Å². The van der Waals surface area contributed by atoms with Gasteiger partial charge in [0.15, 0.2) is 0 Å². The molecule has 0 spiro atoms. The summed E-state index contributed by atoms with van der Waals surface area (Å²) in [5.74, 6) is -0.238. The second-order valence-electron chi connectivity index (χ2n) is 4.75. The molecule has 5 nitrogen and oxygen atoms in total. The summed E-state index contributed by atoms with van der Waals surface area (Å²) in [5, 5.41) is 3.22. The lowest BCUT2D eigenvalue weighted by Crippen LogP contribution is -2.43. The maximum Gasteiger partial charge on any atom is 0.282 e. The van der Waals surface area contributed by atoms with Crippen molar-refractivity contribution in [3.8, 4) is 0 Å². The van der Waals surface area contributed by atoms with Gasteiger partial charge in [-0.3, -0.25) is 0 Å². The molecule has 0 aliphatic carbocycles. The lowest BCUT2D eigenvalue weighted by atomic mass is 9.80. The molecule has 1 saturated heterocycles.